The quantitative estimate of drug-likeness (QED) is 0.590. The molecule has 0 saturated carbocycles. The number of aliphatic hydroxyl groups is 1. The fraction of sp³-hybridized carbons (Fsp3) is 0.389. The maximum atomic E-state index is 11.0. The zero-order valence-electron chi connectivity index (χ0n) is 15.0. The van der Waals surface area contributed by atoms with Crippen LogP contribution in [0.3, 0.4) is 0 Å². The lowest BCUT2D eigenvalue weighted by atomic mass is 9.99. The van der Waals surface area contributed by atoms with Crippen molar-refractivity contribution in [1.82, 2.24) is 15.0 Å². The Balaban J connectivity index is 1.73. The number of carboxylic acids is 1. The van der Waals surface area contributed by atoms with Crippen molar-refractivity contribution in [3.63, 3.8) is 0 Å². The molecule has 0 amide bonds. The first-order valence-corrected chi connectivity index (χ1v) is 9.56. The number of aliphatic hydroxyl groups excluding tert-OH is 1. The predicted octanol–water partition coefficient (Wildman–Crippen LogP) is 2.70. The van der Waals surface area contributed by atoms with Crippen LogP contribution in [-0.4, -0.2) is 50.8 Å². The Morgan fingerprint density at radius 1 is 1.44 bits per heavy atom. The number of aromatic nitrogens is 3. The van der Waals surface area contributed by atoms with Crippen molar-refractivity contribution in [3.8, 4) is 0 Å². The van der Waals surface area contributed by atoms with E-state index < -0.39 is 5.97 Å². The van der Waals surface area contributed by atoms with E-state index in [1.807, 2.05) is 6.07 Å². The number of oxazole rings is 1. The van der Waals surface area contributed by atoms with Crippen LogP contribution in [0.1, 0.15) is 28.7 Å². The highest BCUT2D eigenvalue weighted by molar-refractivity contribution is 7.99. The van der Waals surface area contributed by atoms with E-state index in [-0.39, 0.29) is 17.5 Å². The number of carbonyl (C=O) groups is 1. The zero-order chi connectivity index (χ0) is 19.1. The Kier molecular flexibility index (Phi) is 4.56. The van der Waals surface area contributed by atoms with Crippen molar-refractivity contribution in [2.45, 2.75) is 30.5 Å². The number of nitrogens with zero attached hydrogens (tertiary/aromatic N) is 3. The van der Waals surface area contributed by atoms with Gasteiger partial charge in [-0.15, -0.1) is 0 Å². The third kappa shape index (κ3) is 3.17. The number of anilines is 1. The predicted molar refractivity (Wildman–Crippen MR) is 101 cm³/mol. The normalized spacial score (nSPS) is 14.7. The van der Waals surface area contributed by atoms with Crippen molar-refractivity contribution < 1.29 is 19.4 Å². The molecule has 27 heavy (non-hydrogen) atoms. The van der Waals surface area contributed by atoms with E-state index in [1.54, 1.807) is 0 Å². The minimum absolute atomic E-state index is 0.128. The highest BCUT2D eigenvalue weighted by atomic mass is 32.2. The molecule has 3 N–H and O–H groups in total. The lowest BCUT2D eigenvalue weighted by Gasteiger charge is -2.40. The molecular weight excluding hydrogens is 368 g/mol. The molecule has 1 aliphatic heterocycles. The number of pyridine rings is 1. The summed E-state index contributed by atoms with van der Waals surface area (Å²) < 4.78 is 5.24. The maximum Gasteiger partial charge on any atom is 0.357 e. The van der Waals surface area contributed by atoms with Gasteiger partial charge in [0.15, 0.2) is 5.69 Å². The summed E-state index contributed by atoms with van der Waals surface area (Å²) in [6.07, 6.45) is 2.00. The first-order valence-electron chi connectivity index (χ1n) is 8.74. The number of fused-ring (bicyclic) bond motifs is 1. The van der Waals surface area contributed by atoms with Crippen LogP contribution >= 0.6 is 11.8 Å². The number of rotatable bonds is 6. The molecule has 0 aromatic carbocycles. The van der Waals surface area contributed by atoms with Crippen LogP contribution in [0, 0.1) is 12.8 Å². The van der Waals surface area contributed by atoms with Crippen LogP contribution in [0.15, 0.2) is 27.0 Å². The summed E-state index contributed by atoms with van der Waals surface area (Å²) in [5.74, 6) is -0.836. The molecule has 0 spiro atoms. The van der Waals surface area contributed by atoms with Gasteiger partial charge in [-0.05, 0) is 36.7 Å². The lowest BCUT2D eigenvalue weighted by molar-refractivity contribution is 0.0690. The van der Waals surface area contributed by atoms with Crippen LogP contribution < -0.4 is 4.90 Å². The van der Waals surface area contributed by atoms with Gasteiger partial charge in [-0.1, -0.05) is 6.92 Å². The molecule has 3 aromatic rings. The molecule has 0 atom stereocenters. The van der Waals surface area contributed by atoms with E-state index in [2.05, 4.69) is 33.7 Å². The molecule has 0 bridgehead atoms. The van der Waals surface area contributed by atoms with Gasteiger partial charge in [-0.3, -0.25) is 0 Å². The molecule has 0 aliphatic carbocycles. The Morgan fingerprint density at radius 2 is 2.22 bits per heavy atom. The number of H-pyrrole nitrogens is 1. The second-order valence-electron chi connectivity index (χ2n) is 6.64. The van der Waals surface area contributed by atoms with Gasteiger partial charge in [0, 0.05) is 36.7 Å². The van der Waals surface area contributed by atoms with Gasteiger partial charge in [-0.25, -0.2) is 9.78 Å². The van der Waals surface area contributed by atoms with Crippen LogP contribution in [0.5, 0.6) is 0 Å². The fourth-order valence-corrected chi connectivity index (χ4v) is 4.11. The maximum absolute atomic E-state index is 11.0. The molecule has 4 rings (SSSR count). The molecule has 9 heteroatoms. The molecule has 8 nitrogen and oxygen atoms in total. The number of carboxylic acid groups (broad SMARTS) is 1. The van der Waals surface area contributed by atoms with Crippen molar-refractivity contribution in [2.24, 2.45) is 5.92 Å². The minimum atomic E-state index is -1.13. The van der Waals surface area contributed by atoms with Gasteiger partial charge >= 0.3 is 5.97 Å². The van der Waals surface area contributed by atoms with E-state index in [0.717, 1.165) is 48.2 Å². The van der Waals surface area contributed by atoms with Gasteiger partial charge in [0.05, 0.1) is 5.69 Å². The molecule has 1 fully saturated rings. The summed E-state index contributed by atoms with van der Waals surface area (Å²) in [7, 11) is 0. The second kappa shape index (κ2) is 6.90. The first-order chi connectivity index (χ1) is 13.0. The second-order valence-corrected chi connectivity index (χ2v) is 7.62. The van der Waals surface area contributed by atoms with Gasteiger partial charge in [-0.2, -0.15) is 4.98 Å². The summed E-state index contributed by atoms with van der Waals surface area (Å²) in [5, 5.41) is 20.3. The van der Waals surface area contributed by atoms with Crippen molar-refractivity contribution in [1.29, 1.82) is 0 Å². The van der Waals surface area contributed by atoms with E-state index in [9.17, 15) is 9.90 Å². The molecule has 142 valence electrons. The van der Waals surface area contributed by atoms with E-state index in [4.69, 9.17) is 9.52 Å². The van der Waals surface area contributed by atoms with Gasteiger partial charge in [0.2, 0.25) is 0 Å². The third-order valence-electron chi connectivity index (χ3n) is 4.88. The van der Waals surface area contributed by atoms with E-state index >= 15 is 0 Å². The van der Waals surface area contributed by atoms with Gasteiger partial charge in [0.25, 0.3) is 5.22 Å². The summed E-state index contributed by atoms with van der Waals surface area (Å²) in [4.78, 5) is 25.2. The number of hydrogen-bond acceptors (Lipinski definition) is 7. The monoisotopic (exact) mass is 388 g/mol. The Bertz CT molecular complexity index is 1010. The standard InChI is InChI=1S/C18H20N4O4S/c1-3-11-9(2)15-13(22-5-10(6-22)7-23)4-14(21-16(15)19-11)27-18-20-12(8-26-18)17(24)25/h4,8,10,23H,3,5-7H2,1-2H3,(H,19,21)(H,24,25). The highest BCUT2D eigenvalue weighted by Gasteiger charge is 2.29. The van der Waals surface area contributed by atoms with Crippen LogP contribution in [-0.2, 0) is 6.42 Å². The highest BCUT2D eigenvalue weighted by Crippen LogP contribution is 2.38. The largest absolute Gasteiger partial charge is 0.476 e. The van der Waals surface area contributed by atoms with E-state index in [1.165, 1.54) is 17.3 Å². The van der Waals surface area contributed by atoms with Crippen molar-refractivity contribution in [2.75, 3.05) is 24.6 Å². The number of nitrogens with one attached hydrogen (secondary N) is 1. The SMILES string of the molecule is CCc1[nH]c2nc(Sc3nc(C(=O)O)co3)cc(N3CC(CO)C3)c2c1C. The molecule has 3 aromatic heterocycles. The number of hydrogen-bond donors (Lipinski definition) is 3. The van der Waals surface area contributed by atoms with E-state index in [0.29, 0.717) is 10.9 Å². The first kappa shape index (κ1) is 17.9. The molecule has 1 aliphatic rings. The summed E-state index contributed by atoms with van der Waals surface area (Å²) in [5.41, 5.74) is 4.05. The molecular formula is C18H20N4O4S. The summed E-state index contributed by atoms with van der Waals surface area (Å²) >= 11 is 1.19. The van der Waals surface area contributed by atoms with Gasteiger partial charge < -0.3 is 24.5 Å². The van der Waals surface area contributed by atoms with Gasteiger partial charge in [0.1, 0.15) is 16.9 Å². The minimum Gasteiger partial charge on any atom is -0.476 e. The van der Waals surface area contributed by atoms with Crippen molar-refractivity contribution in [3.05, 3.63) is 29.3 Å². The Labute approximate surface area is 159 Å². The van der Waals surface area contributed by atoms with Crippen molar-refractivity contribution >= 4 is 34.5 Å². The topological polar surface area (TPSA) is 115 Å². The molecule has 0 unspecified atom stereocenters. The Morgan fingerprint density at radius 3 is 2.85 bits per heavy atom. The lowest BCUT2D eigenvalue weighted by Crippen LogP contribution is -2.48. The van der Waals surface area contributed by atoms with Crippen LogP contribution in [0.4, 0.5) is 5.69 Å². The molecule has 1 saturated heterocycles. The molecule has 4 heterocycles. The average Bonchev–Trinajstić information content (AvgIpc) is 3.19. The van der Waals surface area contributed by atoms with Crippen LogP contribution in [0.2, 0.25) is 0 Å². The molecule has 0 radical (unpaired) electrons. The number of aryl methyl sites for hydroxylation is 2. The Hall–Kier alpha value is -2.52. The van der Waals surface area contributed by atoms with Crippen LogP contribution in [0.25, 0.3) is 11.0 Å². The average molecular weight is 388 g/mol. The fourth-order valence-electron chi connectivity index (χ4n) is 3.39. The summed E-state index contributed by atoms with van der Waals surface area (Å²) in [6, 6.07) is 1.98. The number of aromatic amines is 1. The zero-order valence-corrected chi connectivity index (χ0v) is 15.8. The summed E-state index contributed by atoms with van der Waals surface area (Å²) in [6.45, 7) is 5.97. The third-order valence-corrected chi connectivity index (χ3v) is 5.66. The number of aromatic carboxylic acids is 1. The smallest absolute Gasteiger partial charge is 0.357 e.